The molecule has 2 nitrogen and oxygen atoms in total. The van der Waals surface area contributed by atoms with Gasteiger partial charge in [-0.3, -0.25) is 0 Å². The predicted octanol–water partition coefficient (Wildman–Crippen LogP) is 7.02. The Morgan fingerprint density at radius 3 is 2.17 bits per heavy atom. The molecule has 4 aromatic carbocycles. The predicted molar refractivity (Wildman–Crippen MR) is 122 cm³/mol. The molecule has 146 valence electrons. The molecule has 0 aliphatic rings. The van der Waals surface area contributed by atoms with Crippen LogP contribution in [0.4, 0.5) is 0 Å². The number of nitrogens with one attached hydrogen (secondary N) is 1. The molecule has 0 aliphatic heterocycles. The zero-order valence-corrected chi connectivity index (χ0v) is 17.4. The van der Waals surface area contributed by atoms with E-state index in [0.717, 1.165) is 23.4 Å². The van der Waals surface area contributed by atoms with E-state index in [1.165, 1.54) is 16.3 Å². The molecule has 0 bridgehead atoms. The molecule has 0 heterocycles. The topological polar surface area (TPSA) is 21.3 Å². The van der Waals surface area contributed by atoms with Gasteiger partial charge in [0.05, 0.1) is 0 Å². The van der Waals surface area contributed by atoms with Crippen molar-refractivity contribution >= 4 is 34.0 Å². The minimum absolute atomic E-state index is 0.322. The van der Waals surface area contributed by atoms with Gasteiger partial charge in [-0.2, -0.15) is 0 Å². The van der Waals surface area contributed by atoms with Crippen molar-refractivity contribution in [2.45, 2.75) is 19.7 Å². The summed E-state index contributed by atoms with van der Waals surface area (Å²) in [7, 11) is 0. The Labute approximate surface area is 181 Å². The van der Waals surface area contributed by atoms with Crippen molar-refractivity contribution in [3.05, 3.63) is 112 Å². The summed E-state index contributed by atoms with van der Waals surface area (Å²) in [4.78, 5) is 0. The van der Waals surface area contributed by atoms with Crippen LogP contribution in [0.5, 0.6) is 5.75 Å². The summed E-state index contributed by atoms with van der Waals surface area (Å²) in [5.41, 5.74) is 3.17. The van der Waals surface area contributed by atoms with Gasteiger partial charge in [0, 0.05) is 34.3 Å². The fourth-order valence-corrected chi connectivity index (χ4v) is 3.89. The second-order valence-electron chi connectivity index (χ2n) is 6.84. The number of halogens is 2. The number of fused-ring (bicyclic) bond motifs is 1. The van der Waals surface area contributed by atoms with Crippen LogP contribution in [-0.2, 0) is 19.7 Å². The van der Waals surface area contributed by atoms with E-state index in [1.807, 2.05) is 36.4 Å². The van der Waals surface area contributed by atoms with Crippen LogP contribution < -0.4 is 10.1 Å². The third kappa shape index (κ3) is 4.73. The Morgan fingerprint density at radius 1 is 0.655 bits per heavy atom. The van der Waals surface area contributed by atoms with Gasteiger partial charge >= 0.3 is 0 Å². The molecule has 0 spiro atoms. The molecule has 0 amide bonds. The van der Waals surface area contributed by atoms with E-state index < -0.39 is 0 Å². The first-order chi connectivity index (χ1) is 14.2. The van der Waals surface area contributed by atoms with Crippen molar-refractivity contribution in [3.8, 4) is 5.75 Å². The normalized spacial score (nSPS) is 11.0. The Kier molecular flexibility index (Phi) is 6.36. The average molecular weight is 422 g/mol. The van der Waals surface area contributed by atoms with E-state index >= 15 is 0 Å². The Bertz CT molecular complexity index is 1090. The minimum atomic E-state index is 0.322. The van der Waals surface area contributed by atoms with Crippen LogP contribution in [0.15, 0.2) is 84.9 Å². The lowest BCUT2D eigenvalue weighted by molar-refractivity contribution is 0.303. The summed E-state index contributed by atoms with van der Waals surface area (Å²) in [6, 6.07) is 28.3. The van der Waals surface area contributed by atoms with E-state index in [0.29, 0.717) is 23.2 Å². The first-order valence-corrected chi connectivity index (χ1v) is 10.3. The largest absolute Gasteiger partial charge is 0.488 e. The van der Waals surface area contributed by atoms with E-state index in [2.05, 4.69) is 53.8 Å². The molecule has 0 unspecified atom stereocenters. The smallest absolute Gasteiger partial charge is 0.124 e. The van der Waals surface area contributed by atoms with Gasteiger partial charge in [0.2, 0.25) is 0 Å². The highest BCUT2D eigenvalue weighted by atomic mass is 35.5. The lowest BCUT2D eigenvalue weighted by atomic mass is 10.0. The van der Waals surface area contributed by atoms with Crippen LogP contribution in [0.1, 0.15) is 16.7 Å². The van der Waals surface area contributed by atoms with Crippen LogP contribution in [0.3, 0.4) is 0 Å². The first-order valence-electron chi connectivity index (χ1n) is 9.53. The number of hydrogen-bond donors (Lipinski definition) is 1. The van der Waals surface area contributed by atoms with E-state index in [9.17, 15) is 0 Å². The molecule has 0 atom stereocenters. The fourth-order valence-electron chi connectivity index (χ4n) is 3.38. The fraction of sp³-hybridized carbons (Fsp3) is 0.120. The average Bonchev–Trinajstić information content (AvgIpc) is 2.75. The van der Waals surface area contributed by atoms with Crippen molar-refractivity contribution in [1.29, 1.82) is 0 Å². The van der Waals surface area contributed by atoms with Crippen molar-refractivity contribution in [1.82, 2.24) is 5.32 Å². The molecule has 0 aromatic heterocycles. The molecule has 1 N–H and O–H groups in total. The molecule has 0 aliphatic carbocycles. The second kappa shape index (κ2) is 9.32. The zero-order valence-electron chi connectivity index (χ0n) is 15.9. The van der Waals surface area contributed by atoms with Gasteiger partial charge < -0.3 is 10.1 Å². The summed E-state index contributed by atoms with van der Waals surface area (Å²) in [5.74, 6) is 0.834. The number of hydrogen-bond acceptors (Lipinski definition) is 2. The molecular formula is C25H21Cl2NO. The summed E-state index contributed by atoms with van der Waals surface area (Å²) >= 11 is 12.6. The van der Waals surface area contributed by atoms with E-state index in [1.54, 1.807) is 0 Å². The minimum Gasteiger partial charge on any atom is -0.488 e. The maximum atomic E-state index is 6.31. The van der Waals surface area contributed by atoms with Gasteiger partial charge in [-0.1, -0.05) is 89.9 Å². The summed E-state index contributed by atoms with van der Waals surface area (Å²) in [6.45, 7) is 1.81. The summed E-state index contributed by atoms with van der Waals surface area (Å²) < 4.78 is 6.19. The number of benzene rings is 4. The standard InChI is InChI=1S/C25H21Cl2NO/c26-23-11-6-12-24(27)22(23)17-29-25-14-13-19-9-4-5-10-20(19)21(25)16-28-15-18-7-2-1-3-8-18/h1-14,28H,15-17H2. The van der Waals surface area contributed by atoms with Crippen molar-refractivity contribution in [3.63, 3.8) is 0 Å². The first kappa shape index (κ1) is 19.8. The maximum Gasteiger partial charge on any atom is 0.124 e. The lowest BCUT2D eigenvalue weighted by Crippen LogP contribution is -2.14. The number of ether oxygens (including phenoxy) is 1. The van der Waals surface area contributed by atoms with Crippen LogP contribution >= 0.6 is 23.2 Å². The zero-order chi connectivity index (χ0) is 20.1. The molecule has 0 saturated carbocycles. The molecule has 4 heteroatoms. The van der Waals surface area contributed by atoms with Crippen LogP contribution in [0, 0.1) is 0 Å². The lowest BCUT2D eigenvalue weighted by Gasteiger charge is -2.16. The number of rotatable bonds is 7. The Balaban J connectivity index is 1.58. The van der Waals surface area contributed by atoms with E-state index in [-0.39, 0.29) is 0 Å². The van der Waals surface area contributed by atoms with Gasteiger partial charge in [0.15, 0.2) is 0 Å². The molecule has 4 aromatic rings. The van der Waals surface area contributed by atoms with Gasteiger partial charge in [-0.05, 0) is 34.5 Å². The van der Waals surface area contributed by atoms with Crippen molar-refractivity contribution in [2.24, 2.45) is 0 Å². The highest BCUT2D eigenvalue weighted by molar-refractivity contribution is 6.35. The van der Waals surface area contributed by atoms with Gasteiger partial charge in [0.1, 0.15) is 12.4 Å². The van der Waals surface area contributed by atoms with E-state index in [4.69, 9.17) is 27.9 Å². The quantitative estimate of drug-likeness (QED) is 0.346. The molecule has 0 radical (unpaired) electrons. The summed E-state index contributed by atoms with van der Waals surface area (Å²) in [5, 5.41) is 7.13. The summed E-state index contributed by atoms with van der Waals surface area (Å²) in [6.07, 6.45) is 0. The molecule has 0 fully saturated rings. The monoisotopic (exact) mass is 421 g/mol. The van der Waals surface area contributed by atoms with Crippen molar-refractivity contribution < 1.29 is 4.74 Å². The highest BCUT2D eigenvalue weighted by Gasteiger charge is 2.11. The van der Waals surface area contributed by atoms with Crippen LogP contribution in [-0.4, -0.2) is 0 Å². The SMILES string of the molecule is Clc1cccc(Cl)c1COc1ccc2ccccc2c1CNCc1ccccc1. The third-order valence-electron chi connectivity index (χ3n) is 4.91. The molecular weight excluding hydrogens is 401 g/mol. The van der Waals surface area contributed by atoms with Crippen molar-refractivity contribution in [2.75, 3.05) is 0 Å². The molecule has 4 rings (SSSR count). The molecule has 0 saturated heterocycles. The van der Waals surface area contributed by atoms with Crippen LogP contribution in [0.25, 0.3) is 10.8 Å². The van der Waals surface area contributed by atoms with Gasteiger partial charge in [-0.25, -0.2) is 0 Å². The Hall–Kier alpha value is -2.52. The van der Waals surface area contributed by atoms with Gasteiger partial charge in [0.25, 0.3) is 0 Å². The Morgan fingerprint density at radius 2 is 1.38 bits per heavy atom. The highest BCUT2D eigenvalue weighted by Crippen LogP contribution is 2.31. The van der Waals surface area contributed by atoms with Crippen LogP contribution in [0.2, 0.25) is 10.0 Å². The third-order valence-corrected chi connectivity index (χ3v) is 5.61. The van der Waals surface area contributed by atoms with Gasteiger partial charge in [-0.15, -0.1) is 0 Å². The molecule has 29 heavy (non-hydrogen) atoms. The second-order valence-corrected chi connectivity index (χ2v) is 7.66. The maximum absolute atomic E-state index is 6.31.